The molecule has 6 nitrogen and oxygen atoms in total. The fourth-order valence-corrected chi connectivity index (χ4v) is 2.07. The average molecular weight is 263 g/mol. The van der Waals surface area contributed by atoms with Crippen molar-refractivity contribution >= 4 is 22.7 Å². The molecule has 2 aromatic rings. The van der Waals surface area contributed by atoms with E-state index in [4.69, 9.17) is 9.52 Å². The number of carbonyl (C=O) groups is 2. The topological polar surface area (TPSA) is 89.5 Å². The first kappa shape index (κ1) is 13.2. The molecular weight excluding hydrogens is 250 g/mol. The highest BCUT2D eigenvalue weighted by Crippen LogP contribution is 2.20. The Balaban J connectivity index is 2.73. The molecule has 100 valence electrons. The molecule has 1 aromatic carbocycles. The van der Waals surface area contributed by atoms with E-state index in [2.05, 4.69) is 0 Å². The molecule has 0 atom stereocenters. The van der Waals surface area contributed by atoms with E-state index >= 15 is 0 Å². The first-order chi connectivity index (χ1) is 8.95. The van der Waals surface area contributed by atoms with Crippen LogP contribution in [0.4, 0.5) is 0 Å². The summed E-state index contributed by atoms with van der Waals surface area (Å²) < 4.78 is 6.06. The second kappa shape index (κ2) is 4.81. The summed E-state index contributed by atoms with van der Waals surface area (Å²) in [5.41, 5.74) is 1.18. The number of aromatic nitrogens is 1. The lowest BCUT2D eigenvalue weighted by atomic mass is 10.1. The Labute approximate surface area is 108 Å². The van der Waals surface area contributed by atoms with Gasteiger partial charge in [0.15, 0.2) is 23.2 Å². The number of aliphatic hydroxyl groups excluding tert-OH is 1. The van der Waals surface area contributed by atoms with E-state index < -0.39 is 23.4 Å². The van der Waals surface area contributed by atoms with Gasteiger partial charge in [-0.05, 0) is 31.5 Å². The van der Waals surface area contributed by atoms with Crippen molar-refractivity contribution in [3.63, 3.8) is 0 Å². The molecule has 0 spiro atoms. The van der Waals surface area contributed by atoms with Crippen molar-refractivity contribution in [3.8, 4) is 0 Å². The molecule has 1 heterocycles. The van der Waals surface area contributed by atoms with Gasteiger partial charge >= 0.3 is 5.76 Å². The zero-order valence-electron chi connectivity index (χ0n) is 10.5. The van der Waals surface area contributed by atoms with Crippen LogP contribution in [0.5, 0.6) is 0 Å². The molecule has 0 saturated heterocycles. The largest absolute Gasteiger partial charge is 0.421 e. The van der Waals surface area contributed by atoms with Crippen molar-refractivity contribution in [1.82, 2.24) is 4.57 Å². The summed E-state index contributed by atoms with van der Waals surface area (Å²) in [6, 6.07) is 3.48. The van der Waals surface area contributed by atoms with Crippen LogP contribution < -0.4 is 5.76 Å². The number of carbonyl (C=O) groups excluding carboxylic acids is 2. The molecule has 0 aliphatic carbocycles. The summed E-state index contributed by atoms with van der Waals surface area (Å²) in [6.45, 7) is 2.31. The van der Waals surface area contributed by atoms with Crippen molar-refractivity contribution in [2.45, 2.75) is 26.5 Å². The van der Waals surface area contributed by atoms with E-state index in [0.29, 0.717) is 11.1 Å². The minimum absolute atomic E-state index is 0.187. The quantitative estimate of drug-likeness (QED) is 0.824. The van der Waals surface area contributed by atoms with Crippen LogP contribution in [-0.4, -0.2) is 21.2 Å². The highest BCUT2D eigenvalue weighted by molar-refractivity contribution is 6.03. The van der Waals surface area contributed by atoms with E-state index in [1.807, 2.05) is 0 Å². The number of Topliss-reactive ketones (excluding diaryl/α,β-unsaturated/α-hetero) is 2. The number of fused-ring (bicyclic) bond motifs is 1. The number of oxazole rings is 1. The molecule has 0 radical (unpaired) electrons. The Morgan fingerprint density at radius 3 is 2.47 bits per heavy atom. The number of hydrogen-bond acceptors (Lipinski definition) is 5. The molecule has 0 saturated carbocycles. The Bertz CT molecular complexity index is 695. The van der Waals surface area contributed by atoms with Crippen molar-refractivity contribution in [2.24, 2.45) is 0 Å². The van der Waals surface area contributed by atoms with Gasteiger partial charge in [0.1, 0.15) is 0 Å². The smallest absolute Gasteiger partial charge is 0.408 e. The third-order valence-corrected chi connectivity index (χ3v) is 2.89. The lowest BCUT2D eigenvalue weighted by Gasteiger charge is -2.11. The molecule has 0 aliphatic rings. The Morgan fingerprint density at radius 2 is 1.95 bits per heavy atom. The van der Waals surface area contributed by atoms with Gasteiger partial charge in [0, 0.05) is 0 Å². The van der Waals surface area contributed by atoms with Gasteiger partial charge in [-0.1, -0.05) is 6.07 Å². The number of nitrogens with zero attached hydrogens (tertiary/aromatic N) is 1. The van der Waals surface area contributed by atoms with Crippen LogP contribution >= 0.6 is 0 Å². The van der Waals surface area contributed by atoms with Crippen LogP contribution in [0.25, 0.3) is 11.1 Å². The summed E-state index contributed by atoms with van der Waals surface area (Å²) in [5.74, 6) is -1.62. The average Bonchev–Trinajstić information content (AvgIpc) is 2.64. The van der Waals surface area contributed by atoms with Crippen LogP contribution in [-0.2, 0) is 16.2 Å². The second-order valence-electron chi connectivity index (χ2n) is 4.32. The van der Waals surface area contributed by atoms with Gasteiger partial charge in [-0.2, -0.15) is 0 Å². The highest BCUT2D eigenvalue weighted by atomic mass is 16.4. The first-order valence-corrected chi connectivity index (χ1v) is 5.71. The number of aliphatic hydroxyl groups is 1. The molecular formula is C13H13NO5. The number of benzene rings is 1. The van der Waals surface area contributed by atoms with E-state index in [0.717, 1.165) is 4.57 Å². The van der Waals surface area contributed by atoms with Crippen molar-refractivity contribution in [3.05, 3.63) is 34.3 Å². The molecule has 1 aromatic heterocycles. The third-order valence-electron chi connectivity index (χ3n) is 2.89. The second-order valence-corrected chi connectivity index (χ2v) is 4.32. The minimum atomic E-state index is -1.17. The van der Waals surface area contributed by atoms with Crippen LogP contribution in [0.3, 0.4) is 0 Å². The zero-order chi connectivity index (χ0) is 14.2. The molecule has 6 heteroatoms. The zero-order valence-corrected chi connectivity index (χ0v) is 10.5. The Kier molecular flexibility index (Phi) is 3.35. The van der Waals surface area contributed by atoms with Crippen molar-refractivity contribution in [2.75, 3.05) is 0 Å². The summed E-state index contributed by atoms with van der Waals surface area (Å²) in [7, 11) is 0. The van der Waals surface area contributed by atoms with Gasteiger partial charge in [0.2, 0.25) is 0 Å². The van der Waals surface area contributed by atoms with Gasteiger partial charge in [-0.25, -0.2) is 4.79 Å². The molecule has 0 amide bonds. The molecule has 0 fully saturated rings. The van der Waals surface area contributed by atoms with Crippen molar-refractivity contribution in [1.29, 1.82) is 0 Å². The Hall–Kier alpha value is -2.21. The van der Waals surface area contributed by atoms with E-state index in [-0.39, 0.29) is 12.2 Å². The molecule has 0 aliphatic heterocycles. The van der Waals surface area contributed by atoms with E-state index in [9.17, 15) is 14.4 Å². The minimum Gasteiger partial charge on any atom is -0.408 e. The summed E-state index contributed by atoms with van der Waals surface area (Å²) in [4.78, 5) is 34.9. The fourth-order valence-electron chi connectivity index (χ4n) is 2.07. The van der Waals surface area contributed by atoms with E-state index in [1.165, 1.54) is 19.9 Å². The summed E-state index contributed by atoms with van der Waals surface area (Å²) >= 11 is 0. The Morgan fingerprint density at radius 1 is 1.32 bits per heavy atom. The first-order valence-electron chi connectivity index (χ1n) is 5.71. The van der Waals surface area contributed by atoms with Gasteiger partial charge in [-0.3, -0.25) is 14.2 Å². The maximum absolute atomic E-state index is 11.8. The van der Waals surface area contributed by atoms with Crippen LogP contribution in [0.15, 0.2) is 27.4 Å². The van der Waals surface area contributed by atoms with Gasteiger partial charge in [0.25, 0.3) is 0 Å². The van der Waals surface area contributed by atoms with Crippen LogP contribution in [0, 0.1) is 0 Å². The highest BCUT2D eigenvalue weighted by Gasteiger charge is 2.26. The number of rotatable bonds is 4. The van der Waals surface area contributed by atoms with E-state index in [1.54, 1.807) is 12.1 Å². The maximum atomic E-state index is 11.8. The molecule has 0 unspecified atom stereocenters. The molecule has 0 bridgehead atoms. The SMILES string of the molecule is CC(=O)C(C(C)=O)n1c(=O)oc2cc(CO)ccc21. The standard InChI is InChI=1S/C13H13NO5/c1-7(16)12(8(2)17)14-10-4-3-9(6-15)5-11(10)19-13(14)18/h3-5,12,15H,6H2,1-2H3. The molecule has 19 heavy (non-hydrogen) atoms. The van der Waals surface area contributed by atoms with Crippen LogP contribution in [0.1, 0.15) is 25.5 Å². The fraction of sp³-hybridized carbons (Fsp3) is 0.308. The normalized spacial score (nSPS) is 11.2. The predicted octanol–water partition coefficient (Wildman–Crippen LogP) is 0.806. The monoisotopic (exact) mass is 263 g/mol. The molecule has 2 rings (SSSR count). The molecule has 1 N–H and O–H groups in total. The predicted molar refractivity (Wildman–Crippen MR) is 66.8 cm³/mol. The van der Waals surface area contributed by atoms with Gasteiger partial charge in [0.05, 0.1) is 12.1 Å². The lowest BCUT2D eigenvalue weighted by Crippen LogP contribution is -2.30. The third kappa shape index (κ3) is 2.22. The lowest BCUT2D eigenvalue weighted by molar-refractivity contribution is -0.129. The maximum Gasteiger partial charge on any atom is 0.421 e. The van der Waals surface area contributed by atoms with Gasteiger partial charge < -0.3 is 9.52 Å². The van der Waals surface area contributed by atoms with Crippen molar-refractivity contribution < 1.29 is 19.1 Å². The summed E-state index contributed by atoms with van der Waals surface area (Å²) in [5, 5.41) is 9.02. The van der Waals surface area contributed by atoms with Gasteiger partial charge in [-0.15, -0.1) is 0 Å². The summed E-state index contributed by atoms with van der Waals surface area (Å²) in [6.07, 6.45) is 0. The van der Waals surface area contributed by atoms with Crippen LogP contribution in [0.2, 0.25) is 0 Å². The number of ketones is 2. The number of hydrogen-bond donors (Lipinski definition) is 1.